The van der Waals surface area contributed by atoms with Gasteiger partial charge in [0.2, 0.25) is 0 Å². The highest BCUT2D eigenvalue weighted by Gasteiger charge is 2.71. The molecule has 2 saturated heterocycles. The van der Waals surface area contributed by atoms with Gasteiger partial charge >= 0.3 is 18.4 Å². The van der Waals surface area contributed by atoms with Crippen LogP contribution in [-0.4, -0.2) is 89.7 Å². The van der Waals surface area contributed by atoms with Crippen LogP contribution in [0.25, 0.3) is 11.1 Å². The van der Waals surface area contributed by atoms with Crippen LogP contribution in [0.4, 0.5) is 31.1 Å². The maximum atomic E-state index is 13.2. The van der Waals surface area contributed by atoms with E-state index in [0.29, 0.717) is 42.3 Å². The van der Waals surface area contributed by atoms with Crippen molar-refractivity contribution in [1.29, 1.82) is 0 Å². The van der Waals surface area contributed by atoms with E-state index in [4.69, 9.17) is 4.74 Å². The fourth-order valence-electron chi connectivity index (χ4n) is 5.57. The van der Waals surface area contributed by atoms with Crippen molar-refractivity contribution in [2.75, 3.05) is 45.8 Å². The van der Waals surface area contributed by atoms with Gasteiger partial charge in [-0.15, -0.1) is 0 Å². The van der Waals surface area contributed by atoms with Gasteiger partial charge in [0.15, 0.2) is 0 Å². The number of amides is 1. The number of carbonyl (C=O) groups excluding carboxylic acids is 1. The van der Waals surface area contributed by atoms with E-state index in [0.717, 1.165) is 69.8 Å². The van der Waals surface area contributed by atoms with Crippen molar-refractivity contribution in [2.45, 2.75) is 63.7 Å². The van der Waals surface area contributed by atoms with Crippen molar-refractivity contribution < 1.29 is 41.0 Å². The van der Waals surface area contributed by atoms with Crippen LogP contribution in [0, 0.1) is 5.92 Å². The quantitative estimate of drug-likeness (QED) is 0.380. The lowest BCUT2D eigenvalue weighted by Crippen LogP contribution is -2.53. The number of rotatable bonds is 6. The highest BCUT2D eigenvalue weighted by atomic mass is 19.4. The molecule has 2 aliphatic rings. The van der Waals surface area contributed by atoms with E-state index >= 15 is 0 Å². The zero-order chi connectivity index (χ0) is 31.6. The van der Waals surface area contributed by atoms with Crippen molar-refractivity contribution in [1.82, 2.24) is 14.7 Å². The number of piperazine rings is 1. The maximum Gasteiger partial charge on any atom is 0.430 e. The number of benzene rings is 2. The van der Waals surface area contributed by atoms with Crippen LogP contribution in [0.1, 0.15) is 44.7 Å². The molecule has 4 rings (SSSR count). The number of ether oxygens (including phenoxy) is 1. The van der Waals surface area contributed by atoms with Gasteiger partial charge in [0.05, 0.1) is 0 Å². The molecule has 238 valence electrons. The third-order valence-electron chi connectivity index (χ3n) is 8.06. The first-order valence-electron chi connectivity index (χ1n) is 14.4. The zero-order valence-electron chi connectivity index (χ0n) is 24.6. The molecule has 2 aliphatic heterocycles. The van der Waals surface area contributed by atoms with Crippen LogP contribution >= 0.6 is 0 Å². The lowest BCUT2D eigenvalue weighted by molar-refractivity contribution is -0.376. The molecule has 2 aromatic rings. The van der Waals surface area contributed by atoms with Crippen LogP contribution in [-0.2, 0) is 16.9 Å². The highest BCUT2D eigenvalue weighted by Crippen LogP contribution is 2.50. The van der Waals surface area contributed by atoms with Crippen molar-refractivity contribution in [3.05, 3.63) is 59.7 Å². The van der Waals surface area contributed by atoms with Gasteiger partial charge in [-0.05, 0) is 56.2 Å². The van der Waals surface area contributed by atoms with Crippen molar-refractivity contribution >= 4 is 6.09 Å². The Morgan fingerprint density at radius 1 is 0.767 bits per heavy atom. The number of aliphatic hydroxyl groups is 1. The molecule has 0 radical (unpaired) electrons. The molecule has 0 saturated carbocycles. The van der Waals surface area contributed by atoms with Gasteiger partial charge in [0.25, 0.3) is 5.60 Å². The molecule has 2 aromatic carbocycles. The molecular weight excluding hydrogens is 576 g/mol. The van der Waals surface area contributed by atoms with Crippen LogP contribution in [0.3, 0.4) is 0 Å². The molecule has 0 spiro atoms. The SMILES string of the molecule is CC(C)(C)OC(=O)N1CCC(CN2CCN(Cc3ccc(-c4ccc(C(O)(C(F)(F)F)C(F)(F)F)cc4)cc3)CC2)CC1. The first-order chi connectivity index (χ1) is 20.0. The van der Waals surface area contributed by atoms with Crippen LogP contribution in [0.2, 0.25) is 0 Å². The number of carbonyl (C=O) groups is 1. The van der Waals surface area contributed by atoms with Crippen molar-refractivity contribution in [3.8, 4) is 11.1 Å². The number of likely N-dealkylation sites (tertiary alicyclic amines) is 1. The lowest BCUT2D eigenvalue weighted by atomic mass is 9.90. The normalized spacial score (nSPS) is 18.6. The molecule has 1 N–H and O–H groups in total. The summed E-state index contributed by atoms with van der Waals surface area (Å²) in [5.74, 6) is 0.544. The Morgan fingerprint density at radius 3 is 1.70 bits per heavy atom. The van der Waals surface area contributed by atoms with E-state index in [1.165, 1.54) is 0 Å². The summed E-state index contributed by atoms with van der Waals surface area (Å²) in [5.41, 5.74) is -4.59. The summed E-state index contributed by atoms with van der Waals surface area (Å²) in [5, 5.41) is 9.59. The van der Waals surface area contributed by atoms with E-state index in [9.17, 15) is 36.2 Å². The molecule has 0 atom stereocenters. The average molecular weight is 616 g/mol. The summed E-state index contributed by atoms with van der Waals surface area (Å²) >= 11 is 0. The lowest BCUT2D eigenvalue weighted by Gasteiger charge is -2.39. The molecule has 6 nitrogen and oxygen atoms in total. The van der Waals surface area contributed by atoms with Crippen molar-refractivity contribution in [3.63, 3.8) is 0 Å². The second-order valence-electron chi connectivity index (χ2n) is 12.5. The average Bonchev–Trinajstić information content (AvgIpc) is 2.92. The van der Waals surface area contributed by atoms with Crippen molar-refractivity contribution in [2.24, 2.45) is 5.92 Å². The van der Waals surface area contributed by atoms with Gasteiger partial charge in [-0.3, -0.25) is 4.90 Å². The molecule has 12 heteroatoms. The minimum Gasteiger partial charge on any atom is -0.444 e. The predicted octanol–water partition coefficient (Wildman–Crippen LogP) is 6.43. The Bertz CT molecular complexity index is 1200. The van der Waals surface area contributed by atoms with Gasteiger partial charge in [0.1, 0.15) is 5.60 Å². The largest absolute Gasteiger partial charge is 0.444 e. The Kier molecular flexibility index (Phi) is 9.73. The Balaban J connectivity index is 1.24. The molecule has 0 unspecified atom stereocenters. The number of hydrogen-bond acceptors (Lipinski definition) is 5. The van der Waals surface area contributed by atoms with E-state index in [-0.39, 0.29) is 6.09 Å². The minimum absolute atomic E-state index is 0.245. The maximum absolute atomic E-state index is 13.2. The Labute approximate surface area is 248 Å². The molecule has 2 fully saturated rings. The second kappa shape index (κ2) is 12.6. The number of alkyl halides is 6. The summed E-state index contributed by atoms with van der Waals surface area (Å²) in [6, 6.07) is 11.0. The number of halogens is 6. The molecule has 43 heavy (non-hydrogen) atoms. The summed E-state index contributed by atoms with van der Waals surface area (Å²) in [6.45, 7) is 12.5. The molecule has 1 amide bonds. The van der Waals surface area contributed by atoms with E-state index in [1.54, 1.807) is 17.0 Å². The van der Waals surface area contributed by atoms with Crippen LogP contribution in [0.5, 0.6) is 0 Å². The molecule has 0 aromatic heterocycles. The fourth-order valence-corrected chi connectivity index (χ4v) is 5.57. The standard InChI is InChI=1S/C31H39F6N3O3/c1-28(2,3)43-27(41)40-14-12-23(13-15-40)21-39-18-16-38(17-19-39)20-22-4-6-24(7-5-22)25-8-10-26(11-9-25)29(42,30(32,33)34)31(35,36)37/h4-11,23,42H,12-21H2,1-3H3. The summed E-state index contributed by atoms with van der Waals surface area (Å²) in [6.07, 6.45) is -10.2. The predicted molar refractivity (Wildman–Crippen MR) is 150 cm³/mol. The molecule has 2 heterocycles. The molecule has 0 bridgehead atoms. The fraction of sp³-hybridized carbons (Fsp3) is 0.581. The molecule has 0 aliphatic carbocycles. The Hall–Kier alpha value is -2.83. The van der Waals surface area contributed by atoms with Gasteiger partial charge in [-0.1, -0.05) is 48.5 Å². The first-order valence-corrected chi connectivity index (χ1v) is 14.4. The zero-order valence-corrected chi connectivity index (χ0v) is 24.6. The van der Waals surface area contributed by atoms with Gasteiger partial charge < -0.3 is 19.6 Å². The monoisotopic (exact) mass is 615 g/mol. The van der Waals surface area contributed by atoms with E-state index in [1.807, 2.05) is 32.9 Å². The number of hydrogen-bond donors (Lipinski definition) is 1. The van der Waals surface area contributed by atoms with Crippen LogP contribution < -0.4 is 0 Å². The third-order valence-corrected chi connectivity index (χ3v) is 8.06. The molecular formula is C31H39F6N3O3. The van der Waals surface area contributed by atoms with Gasteiger partial charge in [-0.2, -0.15) is 26.3 Å². The topological polar surface area (TPSA) is 56.2 Å². The summed E-state index contributed by atoms with van der Waals surface area (Å²) in [7, 11) is 0. The van der Waals surface area contributed by atoms with Gasteiger partial charge in [-0.25, -0.2) is 4.79 Å². The number of nitrogens with zero attached hydrogens (tertiary/aromatic N) is 3. The number of piperidine rings is 1. The van der Waals surface area contributed by atoms with E-state index < -0.39 is 29.1 Å². The summed E-state index contributed by atoms with van der Waals surface area (Å²) in [4.78, 5) is 18.9. The third kappa shape index (κ3) is 8.02. The summed E-state index contributed by atoms with van der Waals surface area (Å²) < 4.78 is 84.4. The highest BCUT2D eigenvalue weighted by molar-refractivity contribution is 5.68. The minimum atomic E-state index is -5.92. The van der Waals surface area contributed by atoms with Gasteiger partial charge in [0, 0.05) is 57.9 Å². The second-order valence-corrected chi connectivity index (χ2v) is 12.5. The first kappa shape index (κ1) is 33.1. The van der Waals surface area contributed by atoms with E-state index in [2.05, 4.69) is 9.80 Å². The van der Waals surface area contributed by atoms with Crippen LogP contribution in [0.15, 0.2) is 48.5 Å². The smallest absolute Gasteiger partial charge is 0.430 e. The Morgan fingerprint density at radius 2 is 1.23 bits per heavy atom.